The molecule has 35 heavy (non-hydrogen) atoms. The van der Waals surface area contributed by atoms with Crippen LogP contribution >= 0.6 is 0 Å². The number of nitrogens with one attached hydrogen (secondary N) is 4. The lowest BCUT2D eigenvalue weighted by atomic mass is 9.92. The van der Waals surface area contributed by atoms with Crippen LogP contribution in [0.1, 0.15) is 55.3 Å². The van der Waals surface area contributed by atoms with Gasteiger partial charge in [0.15, 0.2) is 0 Å². The van der Waals surface area contributed by atoms with Crippen LogP contribution in [-0.4, -0.2) is 35.5 Å². The highest BCUT2D eigenvalue weighted by molar-refractivity contribution is 5.89. The van der Waals surface area contributed by atoms with E-state index in [-0.39, 0.29) is 36.5 Å². The Morgan fingerprint density at radius 2 is 1.94 bits per heavy atom. The Morgan fingerprint density at radius 3 is 2.60 bits per heavy atom. The van der Waals surface area contributed by atoms with Crippen molar-refractivity contribution in [2.75, 3.05) is 6.54 Å². The van der Waals surface area contributed by atoms with Crippen molar-refractivity contribution in [2.45, 2.75) is 56.3 Å². The molecule has 0 aromatic heterocycles. The van der Waals surface area contributed by atoms with Gasteiger partial charge in [0, 0.05) is 12.6 Å². The average Bonchev–Trinajstić information content (AvgIpc) is 3.21. The topological polar surface area (TPSA) is 85.5 Å². The average molecular weight is 482 g/mol. The number of hydrogen-bond acceptors (Lipinski definition) is 5. The highest BCUT2D eigenvalue weighted by Gasteiger charge is 2.42. The van der Waals surface area contributed by atoms with Crippen molar-refractivity contribution in [3.05, 3.63) is 82.9 Å². The van der Waals surface area contributed by atoms with E-state index in [1.807, 2.05) is 43.3 Å². The second-order valence-electron chi connectivity index (χ2n) is 9.79. The molecule has 1 aliphatic carbocycles. The molecule has 184 valence electrons. The molecule has 2 aliphatic heterocycles. The second kappa shape index (κ2) is 9.30. The Hall–Kier alpha value is -3.46. The second-order valence-corrected chi connectivity index (χ2v) is 9.79. The number of hydrazine groups is 2. The van der Waals surface area contributed by atoms with Crippen LogP contribution in [0.4, 0.5) is 8.78 Å². The largest absolute Gasteiger partial charge is 0.343 e. The van der Waals surface area contributed by atoms with Gasteiger partial charge in [-0.15, -0.1) is 0 Å². The molecule has 0 radical (unpaired) electrons. The molecule has 9 heteroatoms. The summed E-state index contributed by atoms with van der Waals surface area (Å²) in [5, 5.41) is 2.97. The minimum absolute atomic E-state index is 0.00402. The zero-order chi connectivity index (χ0) is 24.6. The third-order valence-corrected chi connectivity index (χ3v) is 7.15. The molecule has 2 amide bonds. The van der Waals surface area contributed by atoms with Crippen molar-refractivity contribution in [1.29, 1.82) is 0 Å². The van der Waals surface area contributed by atoms with Gasteiger partial charge in [-0.3, -0.25) is 9.59 Å². The summed E-state index contributed by atoms with van der Waals surface area (Å²) in [6, 6.07) is 12.8. The molecule has 3 aliphatic rings. The maximum Gasteiger partial charge on any atom is 0.243 e. The number of alkyl halides is 1. The van der Waals surface area contributed by atoms with Gasteiger partial charge in [-0.25, -0.2) is 8.78 Å². The van der Waals surface area contributed by atoms with E-state index in [1.165, 1.54) is 11.0 Å². The molecule has 4 N–H and O–H groups in total. The molecule has 5 rings (SSSR count). The number of rotatable bonds is 7. The van der Waals surface area contributed by atoms with Crippen molar-refractivity contribution in [3.63, 3.8) is 0 Å². The zero-order valence-corrected chi connectivity index (χ0v) is 19.5. The molecule has 1 saturated carbocycles. The van der Waals surface area contributed by atoms with E-state index in [0.29, 0.717) is 16.8 Å². The van der Waals surface area contributed by atoms with Crippen molar-refractivity contribution >= 4 is 11.8 Å². The van der Waals surface area contributed by atoms with Gasteiger partial charge in [0.1, 0.15) is 18.0 Å². The number of likely N-dealkylation sites (tertiary alicyclic amines) is 1. The van der Waals surface area contributed by atoms with Crippen LogP contribution in [-0.2, 0) is 15.0 Å². The van der Waals surface area contributed by atoms with Crippen LogP contribution in [0, 0.1) is 5.82 Å². The fourth-order valence-electron chi connectivity index (χ4n) is 4.84. The van der Waals surface area contributed by atoms with Gasteiger partial charge in [0.2, 0.25) is 11.8 Å². The van der Waals surface area contributed by atoms with E-state index in [1.54, 1.807) is 12.3 Å². The van der Waals surface area contributed by atoms with Crippen molar-refractivity contribution in [3.8, 4) is 0 Å². The standard InChI is InChI=1S/C26H29F2N5O2/c1-26(9-10-26)20-8-7-17(11-21(20)28)24(16-5-3-2-4-6-16)30-25(35)22-12-18(27)15-33(22)23(34)13-19-14-29-32-31-19/h2-8,11,14,18,22,24,29,31-32H,9-10,12-13,15H2,1H3,(H,30,35)/t18-,22+,24+/m1/s1. The summed E-state index contributed by atoms with van der Waals surface area (Å²) in [6.07, 6.45) is 2.15. The molecular weight excluding hydrogens is 452 g/mol. The van der Waals surface area contributed by atoms with Crippen LogP contribution in [0.5, 0.6) is 0 Å². The first kappa shape index (κ1) is 23.3. The first-order chi connectivity index (χ1) is 16.8. The third-order valence-electron chi connectivity index (χ3n) is 7.15. The zero-order valence-electron chi connectivity index (χ0n) is 19.5. The molecule has 2 fully saturated rings. The Balaban J connectivity index is 1.38. The van der Waals surface area contributed by atoms with Crippen LogP contribution in [0.2, 0.25) is 0 Å². The van der Waals surface area contributed by atoms with Crippen LogP contribution in [0.15, 0.2) is 60.4 Å². The molecule has 0 bridgehead atoms. The first-order valence-electron chi connectivity index (χ1n) is 11.9. The van der Waals surface area contributed by atoms with Gasteiger partial charge < -0.3 is 21.1 Å². The minimum atomic E-state index is -1.29. The Bertz CT molecular complexity index is 1150. The lowest BCUT2D eigenvalue weighted by molar-refractivity contribution is -0.138. The van der Waals surface area contributed by atoms with Gasteiger partial charge in [0.25, 0.3) is 0 Å². The van der Waals surface area contributed by atoms with E-state index in [0.717, 1.165) is 18.4 Å². The molecule has 2 aromatic rings. The van der Waals surface area contributed by atoms with Crippen molar-refractivity contribution in [2.24, 2.45) is 0 Å². The van der Waals surface area contributed by atoms with E-state index in [2.05, 4.69) is 21.7 Å². The maximum absolute atomic E-state index is 15.1. The number of nitrogens with zero attached hydrogens (tertiary/aromatic N) is 1. The number of hydrogen-bond donors (Lipinski definition) is 4. The van der Waals surface area contributed by atoms with E-state index in [4.69, 9.17) is 0 Å². The monoisotopic (exact) mass is 481 g/mol. The normalized spacial score (nSPS) is 23.2. The van der Waals surface area contributed by atoms with Gasteiger partial charge >= 0.3 is 0 Å². The van der Waals surface area contributed by atoms with Crippen LogP contribution < -0.4 is 21.7 Å². The number of amides is 2. The molecular formula is C26H29F2N5O2. The highest BCUT2D eigenvalue weighted by Crippen LogP contribution is 2.48. The van der Waals surface area contributed by atoms with Gasteiger partial charge in [-0.1, -0.05) is 49.4 Å². The molecule has 0 unspecified atom stereocenters. The minimum Gasteiger partial charge on any atom is -0.343 e. The van der Waals surface area contributed by atoms with E-state index < -0.39 is 24.2 Å². The predicted molar refractivity (Wildman–Crippen MR) is 127 cm³/mol. The van der Waals surface area contributed by atoms with Gasteiger partial charge in [-0.05, 0) is 41.0 Å². The fraction of sp³-hybridized carbons (Fsp3) is 0.385. The SMILES string of the molecule is CC1(c2ccc([C@@H](NC(=O)[C@@H]3C[C@@H](F)CN3C(=O)CC3=CNNN3)c3ccccc3)cc2F)CC1. The molecule has 0 spiro atoms. The highest BCUT2D eigenvalue weighted by atomic mass is 19.1. The van der Waals surface area contributed by atoms with Gasteiger partial charge in [-0.2, -0.15) is 5.53 Å². The molecule has 3 atom stereocenters. The number of halogens is 2. The van der Waals surface area contributed by atoms with Crippen LogP contribution in [0.3, 0.4) is 0 Å². The predicted octanol–water partition coefficient (Wildman–Crippen LogP) is 2.87. The van der Waals surface area contributed by atoms with Crippen molar-refractivity contribution < 1.29 is 18.4 Å². The maximum atomic E-state index is 15.1. The first-order valence-corrected chi connectivity index (χ1v) is 11.9. The third kappa shape index (κ3) is 4.86. The quantitative estimate of drug-likeness (QED) is 0.489. The molecule has 2 heterocycles. The summed E-state index contributed by atoms with van der Waals surface area (Å²) < 4.78 is 29.5. The summed E-state index contributed by atoms with van der Waals surface area (Å²) in [6.45, 7) is 1.91. The number of carbonyl (C=O) groups is 2. The number of benzene rings is 2. The molecule has 2 aromatic carbocycles. The Morgan fingerprint density at radius 1 is 1.17 bits per heavy atom. The number of carbonyl (C=O) groups excluding carboxylic acids is 2. The lowest BCUT2D eigenvalue weighted by Crippen LogP contribution is -2.47. The summed E-state index contributed by atoms with van der Waals surface area (Å²) >= 11 is 0. The molecule has 7 nitrogen and oxygen atoms in total. The fourth-order valence-corrected chi connectivity index (χ4v) is 4.84. The van der Waals surface area contributed by atoms with E-state index in [9.17, 15) is 14.0 Å². The van der Waals surface area contributed by atoms with Crippen LogP contribution in [0.25, 0.3) is 0 Å². The lowest BCUT2D eigenvalue weighted by Gasteiger charge is -2.27. The summed E-state index contributed by atoms with van der Waals surface area (Å²) in [4.78, 5) is 27.6. The Labute approximate surface area is 202 Å². The summed E-state index contributed by atoms with van der Waals surface area (Å²) in [5.74, 6) is -1.10. The van der Waals surface area contributed by atoms with Gasteiger partial charge in [0.05, 0.1) is 24.7 Å². The Kier molecular flexibility index (Phi) is 6.19. The molecule has 1 saturated heterocycles. The summed E-state index contributed by atoms with van der Waals surface area (Å²) in [5.41, 5.74) is 10.7. The van der Waals surface area contributed by atoms with Crippen molar-refractivity contribution in [1.82, 2.24) is 26.6 Å². The smallest absolute Gasteiger partial charge is 0.243 e. The summed E-state index contributed by atoms with van der Waals surface area (Å²) in [7, 11) is 0. The van der Waals surface area contributed by atoms with E-state index >= 15 is 4.39 Å².